The zero-order valence-electron chi connectivity index (χ0n) is 10.6. The molecule has 0 aliphatic heterocycles. The monoisotopic (exact) mass is 266 g/mol. The maximum absolute atomic E-state index is 11.1. The van der Waals surface area contributed by atoms with Gasteiger partial charge in [0.1, 0.15) is 4.99 Å². The van der Waals surface area contributed by atoms with Crippen LogP contribution >= 0.6 is 12.2 Å². The number of rotatable bonds is 6. The number of nitrogens with one attached hydrogen (secondary N) is 1. The third-order valence-electron chi connectivity index (χ3n) is 2.53. The molecule has 6 heteroatoms. The third-order valence-corrected chi connectivity index (χ3v) is 2.74. The van der Waals surface area contributed by atoms with Crippen LogP contribution in [0.2, 0.25) is 0 Å². The smallest absolute Gasteiger partial charge is 0.221 e. The molecule has 0 spiro atoms. The molecule has 0 aromatic carbocycles. The summed E-state index contributed by atoms with van der Waals surface area (Å²) in [7, 11) is 3.60. The number of hydrogen-bond donors (Lipinski definition) is 2. The first kappa shape index (κ1) is 14.5. The van der Waals surface area contributed by atoms with Gasteiger partial charge in [0, 0.05) is 32.8 Å². The Morgan fingerprint density at radius 3 is 2.94 bits per heavy atom. The summed E-state index contributed by atoms with van der Waals surface area (Å²) in [5.74, 6) is 0.0420. The van der Waals surface area contributed by atoms with E-state index < -0.39 is 0 Å². The van der Waals surface area contributed by atoms with Crippen molar-refractivity contribution in [1.29, 1.82) is 0 Å². The Balaban J connectivity index is 2.53. The Bertz CT molecular complexity index is 436. The number of nitrogens with zero attached hydrogens (tertiary/aromatic N) is 2. The van der Waals surface area contributed by atoms with Crippen molar-refractivity contribution in [3.63, 3.8) is 0 Å². The van der Waals surface area contributed by atoms with Crippen LogP contribution in [-0.4, -0.2) is 41.4 Å². The molecule has 5 nitrogen and oxygen atoms in total. The fourth-order valence-corrected chi connectivity index (χ4v) is 1.63. The van der Waals surface area contributed by atoms with Gasteiger partial charge in [-0.3, -0.25) is 9.78 Å². The number of aromatic nitrogens is 1. The Kier molecular flexibility index (Phi) is 5.67. The van der Waals surface area contributed by atoms with Crippen molar-refractivity contribution in [2.24, 2.45) is 5.73 Å². The van der Waals surface area contributed by atoms with Gasteiger partial charge in [-0.25, -0.2) is 0 Å². The van der Waals surface area contributed by atoms with E-state index in [1.807, 2.05) is 19.2 Å². The van der Waals surface area contributed by atoms with Gasteiger partial charge in [0.05, 0.1) is 5.69 Å². The predicted molar refractivity (Wildman–Crippen MR) is 75.1 cm³/mol. The number of carbonyl (C=O) groups excluding carboxylic acids is 1. The van der Waals surface area contributed by atoms with Crippen molar-refractivity contribution < 1.29 is 4.79 Å². The van der Waals surface area contributed by atoms with Crippen LogP contribution in [0.3, 0.4) is 0 Å². The van der Waals surface area contributed by atoms with Gasteiger partial charge < -0.3 is 16.0 Å². The largest absolute Gasteiger partial charge is 0.388 e. The van der Waals surface area contributed by atoms with Crippen molar-refractivity contribution in [2.75, 3.05) is 20.6 Å². The van der Waals surface area contributed by atoms with Crippen LogP contribution in [0.1, 0.15) is 17.7 Å². The van der Waals surface area contributed by atoms with E-state index in [1.54, 1.807) is 13.2 Å². The molecule has 0 saturated carbocycles. The van der Waals surface area contributed by atoms with Crippen molar-refractivity contribution in [1.82, 2.24) is 15.2 Å². The molecule has 18 heavy (non-hydrogen) atoms. The van der Waals surface area contributed by atoms with E-state index in [0.717, 1.165) is 12.1 Å². The lowest BCUT2D eigenvalue weighted by molar-refractivity contribution is -0.120. The maximum atomic E-state index is 11.1. The molecule has 0 unspecified atom stereocenters. The standard InChI is InChI=1S/C12H18N4OS/c1-14-11(17)4-6-16(2)8-9-3-5-15-10(7-9)12(13)18/h3,5,7H,4,6,8H2,1-2H3,(H2,13,18)(H,14,17). The Morgan fingerprint density at radius 2 is 2.33 bits per heavy atom. The molecule has 3 N–H and O–H groups in total. The minimum Gasteiger partial charge on any atom is -0.388 e. The topological polar surface area (TPSA) is 71.2 Å². The molecule has 0 bridgehead atoms. The maximum Gasteiger partial charge on any atom is 0.221 e. The van der Waals surface area contributed by atoms with Gasteiger partial charge in [-0.1, -0.05) is 12.2 Å². The summed E-state index contributed by atoms with van der Waals surface area (Å²) in [6, 6.07) is 3.79. The highest BCUT2D eigenvalue weighted by molar-refractivity contribution is 7.80. The molecule has 0 atom stereocenters. The number of amides is 1. The van der Waals surface area contributed by atoms with Gasteiger partial charge in [-0.05, 0) is 24.7 Å². The fraction of sp³-hybridized carbons (Fsp3) is 0.417. The van der Waals surface area contributed by atoms with Crippen LogP contribution in [-0.2, 0) is 11.3 Å². The van der Waals surface area contributed by atoms with Crippen LogP contribution in [0.15, 0.2) is 18.3 Å². The van der Waals surface area contributed by atoms with Crippen LogP contribution in [0, 0.1) is 0 Å². The first-order chi connectivity index (χ1) is 8.52. The molecular weight excluding hydrogens is 248 g/mol. The highest BCUT2D eigenvalue weighted by Crippen LogP contribution is 2.05. The minimum atomic E-state index is 0.0420. The molecule has 0 fully saturated rings. The minimum absolute atomic E-state index is 0.0420. The van der Waals surface area contributed by atoms with Gasteiger partial charge in [0.2, 0.25) is 5.91 Å². The second kappa shape index (κ2) is 7.03. The number of carbonyl (C=O) groups is 1. The van der Waals surface area contributed by atoms with Gasteiger partial charge in [-0.2, -0.15) is 0 Å². The van der Waals surface area contributed by atoms with Gasteiger partial charge >= 0.3 is 0 Å². The lowest BCUT2D eigenvalue weighted by Crippen LogP contribution is -2.26. The first-order valence-corrected chi connectivity index (χ1v) is 6.07. The van der Waals surface area contributed by atoms with E-state index in [9.17, 15) is 4.79 Å². The molecule has 0 radical (unpaired) electrons. The molecule has 0 aliphatic carbocycles. The van der Waals surface area contributed by atoms with Crippen LogP contribution in [0.5, 0.6) is 0 Å². The second-order valence-corrected chi connectivity index (χ2v) is 4.51. The molecule has 1 rings (SSSR count). The zero-order valence-corrected chi connectivity index (χ0v) is 11.5. The van der Waals surface area contributed by atoms with E-state index >= 15 is 0 Å². The van der Waals surface area contributed by atoms with Crippen LogP contribution in [0.25, 0.3) is 0 Å². The average Bonchev–Trinajstić information content (AvgIpc) is 2.36. The summed E-state index contributed by atoms with van der Waals surface area (Å²) >= 11 is 4.89. The zero-order chi connectivity index (χ0) is 13.5. The molecule has 1 amide bonds. The SMILES string of the molecule is CNC(=O)CCN(C)Cc1ccnc(C(N)=S)c1. The van der Waals surface area contributed by atoms with Gasteiger partial charge in [0.15, 0.2) is 0 Å². The molecule has 0 saturated heterocycles. The second-order valence-electron chi connectivity index (χ2n) is 4.07. The fourth-order valence-electron chi connectivity index (χ4n) is 1.52. The van der Waals surface area contributed by atoms with Gasteiger partial charge in [0.25, 0.3) is 0 Å². The normalized spacial score (nSPS) is 10.4. The number of pyridine rings is 1. The molecule has 0 aliphatic rings. The summed E-state index contributed by atoms with van der Waals surface area (Å²) in [6.45, 7) is 1.43. The van der Waals surface area contributed by atoms with Crippen molar-refractivity contribution in [2.45, 2.75) is 13.0 Å². The van der Waals surface area contributed by atoms with E-state index in [0.29, 0.717) is 23.6 Å². The van der Waals surface area contributed by atoms with Crippen LogP contribution < -0.4 is 11.1 Å². The quantitative estimate of drug-likeness (QED) is 0.724. The van der Waals surface area contributed by atoms with Crippen molar-refractivity contribution in [3.05, 3.63) is 29.6 Å². The summed E-state index contributed by atoms with van der Waals surface area (Å²) in [5, 5.41) is 2.60. The molecule has 1 heterocycles. The first-order valence-electron chi connectivity index (χ1n) is 5.66. The highest BCUT2D eigenvalue weighted by atomic mass is 32.1. The van der Waals surface area contributed by atoms with Crippen LogP contribution in [0.4, 0.5) is 0 Å². The summed E-state index contributed by atoms with van der Waals surface area (Å²) < 4.78 is 0. The predicted octanol–water partition coefficient (Wildman–Crippen LogP) is 0.284. The Morgan fingerprint density at radius 1 is 1.61 bits per heavy atom. The molecular formula is C12H18N4OS. The van der Waals surface area contributed by atoms with Crippen molar-refractivity contribution >= 4 is 23.1 Å². The third kappa shape index (κ3) is 4.77. The van der Waals surface area contributed by atoms with E-state index in [-0.39, 0.29) is 5.91 Å². The summed E-state index contributed by atoms with van der Waals surface area (Å²) in [4.78, 5) is 17.6. The number of hydrogen-bond acceptors (Lipinski definition) is 4. The van der Waals surface area contributed by atoms with Crippen molar-refractivity contribution in [3.8, 4) is 0 Å². The van der Waals surface area contributed by atoms with E-state index in [1.165, 1.54) is 0 Å². The number of nitrogens with two attached hydrogens (primary N) is 1. The molecule has 1 aromatic heterocycles. The lowest BCUT2D eigenvalue weighted by atomic mass is 10.2. The summed E-state index contributed by atoms with van der Waals surface area (Å²) in [6.07, 6.45) is 2.18. The lowest BCUT2D eigenvalue weighted by Gasteiger charge is -2.16. The van der Waals surface area contributed by atoms with Gasteiger partial charge in [-0.15, -0.1) is 0 Å². The average molecular weight is 266 g/mol. The Labute approximate surface area is 112 Å². The molecule has 1 aromatic rings. The highest BCUT2D eigenvalue weighted by Gasteiger charge is 2.05. The van der Waals surface area contributed by atoms with E-state index in [4.69, 9.17) is 18.0 Å². The number of thiocarbonyl (C=S) groups is 1. The molecule has 98 valence electrons. The Hall–Kier alpha value is -1.53. The van der Waals surface area contributed by atoms with E-state index in [2.05, 4.69) is 15.2 Å². The summed E-state index contributed by atoms with van der Waals surface area (Å²) in [5.41, 5.74) is 7.24.